The molecule has 0 spiro atoms. The normalized spacial score (nSPS) is 14.5. The van der Waals surface area contributed by atoms with Crippen LogP contribution in [0.4, 0.5) is 26.8 Å². The van der Waals surface area contributed by atoms with Crippen LogP contribution in [0.1, 0.15) is 69.1 Å². The number of anilines is 3. The number of ether oxygens (including phenoxy) is 1. The molecule has 1 aliphatic heterocycles. The standard InChI is InChI=1S/C32H41N5O5/c1-20(2)25-17-23(35-31(40)41)18-26(21(3)4)28(25)36-30(39)34-19-32(22-8-6-9-24(16-22)42-5)11-14-37(15-12-32)29-27(38)10-7-13-33-29/h6-10,13,16-18,20-21,35,38H,11-12,14-15,19H2,1-5H3,(H,40,41)(H2,34,36,39). The van der Waals surface area contributed by atoms with Gasteiger partial charge in [0, 0.05) is 42.6 Å². The number of nitrogens with one attached hydrogen (secondary N) is 3. The average Bonchev–Trinajstić information content (AvgIpc) is 2.96. The molecule has 2 heterocycles. The minimum atomic E-state index is -1.13. The van der Waals surface area contributed by atoms with E-state index in [4.69, 9.17) is 4.74 Å². The van der Waals surface area contributed by atoms with Gasteiger partial charge in [0.25, 0.3) is 0 Å². The van der Waals surface area contributed by atoms with Gasteiger partial charge in [0.15, 0.2) is 11.6 Å². The van der Waals surface area contributed by atoms with E-state index in [2.05, 4.69) is 31.9 Å². The Balaban J connectivity index is 1.58. The molecule has 0 radical (unpaired) electrons. The molecule has 10 heteroatoms. The van der Waals surface area contributed by atoms with Crippen LogP contribution in [0.2, 0.25) is 0 Å². The van der Waals surface area contributed by atoms with E-state index < -0.39 is 6.09 Å². The lowest BCUT2D eigenvalue weighted by molar-refractivity contribution is 0.209. The number of methoxy groups -OCH3 is 1. The van der Waals surface area contributed by atoms with E-state index >= 15 is 0 Å². The lowest BCUT2D eigenvalue weighted by atomic mass is 9.72. The largest absolute Gasteiger partial charge is 0.504 e. The van der Waals surface area contributed by atoms with Crippen LogP contribution in [0, 0.1) is 0 Å². The number of carboxylic acid groups (broad SMARTS) is 1. The highest BCUT2D eigenvalue weighted by molar-refractivity contribution is 5.93. The van der Waals surface area contributed by atoms with Crippen molar-refractivity contribution in [3.63, 3.8) is 0 Å². The Morgan fingerprint density at radius 1 is 1.00 bits per heavy atom. The third-order valence-corrected chi connectivity index (χ3v) is 7.99. The number of benzene rings is 2. The van der Waals surface area contributed by atoms with Gasteiger partial charge in [-0.15, -0.1) is 0 Å². The van der Waals surface area contributed by atoms with Crippen LogP contribution >= 0.6 is 0 Å². The maximum atomic E-state index is 13.5. The average molecular weight is 576 g/mol. The zero-order valence-electron chi connectivity index (χ0n) is 24.9. The Morgan fingerprint density at radius 3 is 2.24 bits per heavy atom. The zero-order chi connectivity index (χ0) is 30.4. The minimum Gasteiger partial charge on any atom is -0.504 e. The molecule has 224 valence electrons. The lowest BCUT2D eigenvalue weighted by Gasteiger charge is -2.43. The summed E-state index contributed by atoms with van der Waals surface area (Å²) in [5.41, 5.74) is 3.58. The first-order valence-corrected chi connectivity index (χ1v) is 14.3. The Kier molecular flexibility index (Phi) is 9.45. The van der Waals surface area contributed by atoms with Crippen molar-refractivity contribution in [2.45, 2.75) is 57.8 Å². The number of piperidine rings is 1. The molecular weight excluding hydrogens is 534 g/mol. The molecule has 1 aromatic heterocycles. The third-order valence-electron chi connectivity index (χ3n) is 7.99. The molecule has 1 fully saturated rings. The fourth-order valence-corrected chi connectivity index (χ4v) is 5.64. The number of amides is 3. The molecule has 10 nitrogen and oxygen atoms in total. The summed E-state index contributed by atoms with van der Waals surface area (Å²) in [5.74, 6) is 1.55. The molecular formula is C32H41N5O5. The second kappa shape index (κ2) is 13.0. The summed E-state index contributed by atoms with van der Waals surface area (Å²) in [4.78, 5) is 31.3. The molecule has 2 aromatic carbocycles. The van der Waals surface area contributed by atoms with Gasteiger partial charge in [-0.2, -0.15) is 0 Å². The summed E-state index contributed by atoms with van der Waals surface area (Å²) >= 11 is 0. The minimum absolute atomic E-state index is 0.0452. The number of pyridine rings is 1. The van der Waals surface area contributed by atoms with Crippen LogP contribution in [0.25, 0.3) is 0 Å². The molecule has 0 bridgehead atoms. The quantitative estimate of drug-likeness (QED) is 0.197. The summed E-state index contributed by atoms with van der Waals surface area (Å²) < 4.78 is 5.51. The van der Waals surface area contributed by atoms with E-state index in [1.165, 1.54) is 0 Å². The highest BCUT2D eigenvalue weighted by Crippen LogP contribution is 2.39. The van der Waals surface area contributed by atoms with Gasteiger partial charge in [-0.05, 0) is 77.8 Å². The molecule has 1 saturated heterocycles. The van der Waals surface area contributed by atoms with Crippen LogP contribution < -0.4 is 25.6 Å². The highest BCUT2D eigenvalue weighted by Gasteiger charge is 2.38. The van der Waals surface area contributed by atoms with Crippen LogP contribution in [-0.4, -0.2) is 54.1 Å². The second-order valence-electron chi connectivity index (χ2n) is 11.4. The second-order valence-corrected chi connectivity index (χ2v) is 11.4. The van der Waals surface area contributed by atoms with Crippen molar-refractivity contribution >= 4 is 29.3 Å². The molecule has 5 N–H and O–H groups in total. The summed E-state index contributed by atoms with van der Waals surface area (Å²) in [7, 11) is 1.64. The van der Waals surface area contributed by atoms with Gasteiger partial charge < -0.3 is 30.5 Å². The third kappa shape index (κ3) is 6.87. The van der Waals surface area contributed by atoms with Crippen molar-refractivity contribution < 1.29 is 24.5 Å². The first-order chi connectivity index (χ1) is 20.0. The number of rotatable bonds is 9. The predicted molar refractivity (Wildman–Crippen MR) is 165 cm³/mol. The Hall–Kier alpha value is -4.47. The van der Waals surface area contributed by atoms with Gasteiger partial charge in [-0.3, -0.25) is 5.32 Å². The topological polar surface area (TPSA) is 136 Å². The van der Waals surface area contributed by atoms with Gasteiger partial charge >= 0.3 is 12.1 Å². The molecule has 42 heavy (non-hydrogen) atoms. The van der Waals surface area contributed by atoms with Gasteiger partial charge in [0.05, 0.1) is 7.11 Å². The van der Waals surface area contributed by atoms with Crippen molar-refractivity contribution in [1.29, 1.82) is 0 Å². The monoisotopic (exact) mass is 575 g/mol. The van der Waals surface area contributed by atoms with Crippen LogP contribution in [-0.2, 0) is 5.41 Å². The van der Waals surface area contributed by atoms with Crippen molar-refractivity contribution in [2.75, 3.05) is 42.3 Å². The van der Waals surface area contributed by atoms with Gasteiger partial charge in [-0.25, -0.2) is 14.6 Å². The van der Waals surface area contributed by atoms with Crippen LogP contribution in [0.15, 0.2) is 54.7 Å². The first-order valence-electron chi connectivity index (χ1n) is 14.3. The predicted octanol–water partition coefficient (Wildman–Crippen LogP) is 6.49. The number of aromatic nitrogens is 1. The first kappa shape index (κ1) is 30.5. The molecule has 4 rings (SSSR count). The maximum Gasteiger partial charge on any atom is 0.409 e. The molecule has 1 aliphatic rings. The lowest BCUT2D eigenvalue weighted by Crippen LogP contribution is -2.50. The number of urea groups is 1. The number of carbonyl (C=O) groups is 2. The smallest absolute Gasteiger partial charge is 0.409 e. The van der Waals surface area contributed by atoms with Crippen molar-refractivity contribution in [3.05, 3.63) is 71.4 Å². The summed E-state index contributed by atoms with van der Waals surface area (Å²) in [6.07, 6.45) is 1.98. The number of hydrogen-bond donors (Lipinski definition) is 5. The van der Waals surface area contributed by atoms with Gasteiger partial charge in [0.2, 0.25) is 0 Å². The number of carbonyl (C=O) groups excluding carboxylic acids is 1. The molecule has 0 atom stereocenters. The van der Waals surface area contributed by atoms with E-state index in [0.29, 0.717) is 36.8 Å². The molecule has 3 amide bonds. The molecule has 0 saturated carbocycles. The van der Waals surface area contributed by atoms with Crippen molar-refractivity contribution in [3.8, 4) is 11.5 Å². The number of hydrogen-bond acceptors (Lipinski definition) is 6. The van der Waals surface area contributed by atoms with E-state index in [9.17, 15) is 19.8 Å². The maximum absolute atomic E-state index is 13.5. The van der Waals surface area contributed by atoms with E-state index in [1.54, 1.807) is 37.6 Å². The van der Waals surface area contributed by atoms with Gasteiger partial charge in [-0.1, -0.05) is 39.8 Å². The summed E-state index contributed by atoms with van der Waals surface area (Å²) in [6, 6.07) is 14.5. The Labute approximate surface area is 247 Å². The van der Waals surface area contributed by atoms with Crippen molar-refractivity contribution in [1.82, 2.24) is 10.3 Å². The van der Waals surface area contributed by atoms with E-state index in [-0.39, 0.29) is 29.0 Å². The van der Waals surface area contributed by atoms with Crippen molar-refractivity contribution in [2.24, 2.45) is 0 Å². The van der Waals surface area contributed by atoms with Crippen LogP contribution in [0.3, 0.4) is 0 Å². The van der Waals surface area contributed by atoms with E-state index in [1.807, 2.05) is 45.9 Å². The SMILES string of the molecule is COc1cccc(C2(CNC(=O)Nc3c(C(C)C)cc(NC(=O)O)cc3C(C)C)CCN(c3ncccc3O)CC2)c1. The highest BCUT2D eigenvalue weighted by atomic mass is 16.5. The summed E-state index contributed by atoms with van der Waals surface area (Å²) in [5, 5.41) is 28.3. The van der Waals surface area contributed by atoms with Gasteiger partial charge in [0.1, 0.15) is 5.75 Å². The molecule has 3 aromatic rings. The van der Waals surface area contributed by atoms with Crippen LogP contribution in [0.5, 0.6) is 11.5 Å². The summed E-state index contributed by atoms with van der Waals surface area (Å²) in [6.45, 7) is 9.74. The molecule has 0 unspecified atom stereocenters. The Morgan fingerprint density at radius 2 is 1.67 bits per heavy atom. The zero-order valence-corrected chi connectivity index (χ0v) is 24.9. The Bertz CT molecular complexity index is 1390. The molecule has 0 aliphatic carbocycles. The number of nitrogens with zero attached hydrogens (tertiary/aromatic N) is 2. The fraction of sp³-hybridized carbons (Fsp3) is 0.406. The number of aromatic hydroxyl groups is 1. The fourth-order valence-electron chi connectivity index (χ4n) is 5.64. The van der Waals surface area contributed by atoms with E-state index in [0.717, 1.165) is 35.3 Å².